The van der Waals surface area contributed by atoms with Gasteiger partial charge >= 0.3 is 0 Å². The molecule has 0 radical (unpaired) electrons. The molecule has 1 aromatic carbocycles. The number of benzene rings is 1. The van der Waals surface area contributed by atoms with Crippen molar-refractivity contribution < 1.29 is 8.42 Å². The lowest BCUT2D eigenvalue weighted by Gasteiger charge is -2.32. The zero-order valence-corrected chi connectivity index (χ0v) is 17.7. The van der Waals surface area contributed by atoms with Gasteiger partial charge in [0.25, 0.3) is 0 Å². The molecular weight excluding hydrogens is 384 g/mol. The number of piperidine rings is 1. The maximum absolute atomic E-state index is 13.0. The van der Waals surface area contributed by atoms with Crippen molar-refractivity contribution in [2.45, 2.75) is 43.2 Å². The number of aromatic nitrogens is 2. The molecule has 3 aliphatic rings. The van der Waals surface area contributed by atoms with E-state index in [1.54, 1.807) is 6.20 Å². The van der Waals surface area contributed by atoms with Gasteiger partial charge in [0, 0.05) is 50.4 Å². The Morgan fingerprint density at radius 1 is 1.14 bits per heavy atom. The monoisotopic (exact) mass is 412 g/mol. The number of nitrogens with zero attached hydrogens (tertiary/aromatic N) is 4. The molecule has 3 atom stereocenters. The molecule has 2 saturated heterocycles. The van der Waals surface area contributed by atoms with E-state index < -0.39 is 9.84 Å². The summed E-state index contributed by atoms with van der Waals surface area (Å²) >= 11 is 0. The van der Waals surface area contributed by atoms with Crippen LogP contribution in [0, 0.1) is 5.92 Å². The minimum atomic E-state index is -3.18. The Kier molecular flexibility index (Phi) is 4.82. The Bertz CT molecular complexity index is 995. The van der Waals surface area contributed by atoms with Crippen LogP contribution in [-0.4, -0.2) is 54.7 Å². The highest BCUT2D eigenvalue weighted by Crippen LogP contribution is 2.40. The van der Waals surface area contributed by atoms with E-state index >= 15 is 0 Å². The van der Waals surface area contributed by atoms with Crippen molar-refractivity contribution in [2.75, 3.05) is 31.1 Å². The second kappa shape index (κ2) is 7.36. The second-order valence-electron chi connectivity index (χ2n) is 8.91. The average molecular weight is 413 g/mol. The molecule has 2 aromatic rings. The number of hydrogen-bond acceptors (Lipinski definition) is 6. The van der Waals surface area contributed by atoms with Gasteiger partial charge in [-0.15, -0.1) is 0 Å². The molecule has 29 heavy (non-hydrogen) atoms. The molecule has 7 heteroatoms. The smallest absolute Gasteiger partial charge is 0.225 e. The molecule has 0 unspecified atom stereocenters. The first-order chi connectivity index (χ1) is 14.0. The summed E-state index contributed by atoms with van der Waals surface area (Å²) in [5, 5.41) is -0.359. The Labute approximate surface area is 172 Å². The lowest BCUT2D eigenvalue weighted by Crippen LogP contribution is -2.38. The summed E-state index contributed by atoms with van der Waals surface area (Å²) in [7, 11) is -3.18. The van der Waals surface area contributed by atoms with Gasteiger partial charge in [-0.3, -0.25) is 4.90 Å². The third kappa shape index (κ3) is 3.66. The zero-order chi connectivity index (χ0) is 20.0. The minimum Gasteiger partial charge on any atom is -0.341 e. The fraction of sp³-hybridized carbons (Fsp3) is 0.545. The minimum absolute atomic E-state index is 0.0589. The van der Waals surface area contributed by atoms with Gasteiger partial charge in [-0.2, -0.15) is 0 Å². The molecule has 3 aliphatic heterocycles. The van der Waals surface area contributed by atoms with Crippen LogP contribution in [-0.2, 0) is 22.1 Å². The highest BCUT2D eigenvalue weighted by molar-refractivity contribution is 7.91. The number of rotatable bonds is 3. The zero-order valence-electron chi connectivity index (χ0n) is 16.9. The van der Waals surface area contributed by atoms with E-state index in [1.807, 2.05) is 18.2 Å². The lowest BCUT2D eigenvalue weighted by molar-refractivity contribution is 0.326. The number of likely N-dealkylation sites (tertiary alicyclic amines) is 1. The van der Waals surface area contributed by atoms with Gasteiger partial charge in [0.15, 0.2) is 9.84 Å². The predicted octanol–water partition coefficient (Wildman–Crippen LogP) is 2.61. The molecule has 1 aromatic heterocycles. The largest absolute Gasteiger partial charge is 0.341 e. The van der Waals surface area contributed by atoms with Crippen LogP contribution in [0.1, 0.15) is 42.5 Å². The first-order valence-electron chi connectivity index (χ1n) is 10.6. The predicted molar refractivity (Wildman–Crippen MR) is 114 cm³/mol. The number of fused-ring (bicyclic) bond motifs is 3. The van der Waals surface area contributed by atoms with Crippen molar-refractivity contribution in [1.29, 1.82) is 0 Å². The van der Waals surface area contributed by atoms with Gasteiger partial charge in [0.2, 0.25) is 5.95 Å². The normalized spacial score (nSPS) is 28.7. The Morgan fingerprint density at radius 3 is 2.76 bits per heavy atom. The van der Waals surface area contributed by atoms with Crippen molar-refractivity contribution >= 4 is 15.8 Å². The van der Waals surface area contributed by atoms with Crippen LogP contribution < -0.4 is 4.90 Å². The molecular formula is C22H28N4O2S. The summed E-state index contributed by atoms with van der Waals surface area (Å²) < 4.78 is 25.9. The van der Waals surface area contributed by atoms with Gasteiger partial charge in [0.05, 0.1) is 16.7 Å². The summed E-state index contributed by atoms with van der Waals surface area (Å²) in [6.45, 7) is 6.33. The van der Waals surface area contributed by atoms with E-state index in [4.69, 9.17) is 4.98 Å². The third-order valence-electron chi connectivity index (χ3n) is 6.59. The SMILES string of the molecule is C[C@H]1CCCN(c2ncc3c(n2)[C@H]2CN(Cc4ccccc4)C[C@H]2S(=O)(=O)C3)C1. The molecule has 0 spiro atoms. The fourth-order valence-corrected chi connectivity index (χ4v) is 7.16. The summed E-state index contributed by atoms with van der Waals surface area (Å²) in [5.41, 5.74) is 2.97. The number of hydrogen-bond donors (Lipinski definition) is 0. The lowest BCUT2D eigenvalue weighted by atomic mass is 9.99. The molecule has 4 heterocycles. The first kappa shape index (κ1) is 19.0. The van der Waals surface area contributed by atoms with E-state index in [2.05, 4.69) is 33.8 Å². The van der Waals surface area contributed by atoms with Crippen molar-refractivity contribution in [2.24, 2.45) is 5.92 Å². The quantitative estimate of drug-likeness (QED) is 0.772. The van der Waals surface area contributed by atoms with Crippen molar-refractivity contribution in [3.63, 3.8) is 0 Å². The van der Waals surface area contributed by atoms with Crippen LogP contribution >= 0.6 is 0 Å². The highest BCUT2D eigenvalue weighted by Gasteiger charge is 2.47. The molecule has 5 rings (SSSR count). The molecule has 0 aliphatic carbocycles. The average Bonchev–Trinajstić information content (AvgIpc) is 3.14. The summed E-state index contributed by atoms with van der Waals surface area (Å²) in [5.74, 6) is 1.43. The Balaban J connectivity index is 1.44. The van der Waals surface area contributed by atoms with E-state index in [0.717, 1.165) is 49.8 Å². The molecule has 0 saturated carbocycles. The van der Waals surface area contributed by atoms with Crippen molar-refractivity contribution in [1.82, 2.24) is 14.9 Å². The van der Waals surface area contributed by atoms with Crippen LogP contribution in [0.15, 0.2) is 36.5 Å². The molecule has 154 valence electrons. The molecule has 0 amide bonds. The Hall–Kier alpha value is -1.99. The van der Waals surface area contributed by atoms with Crippen LogP contribution in [0.3, 0.4) is 0 Å². The summed E-state index contributed by atoms with van der Waals surface area (Å²) in [6.07, 6.45) is 4.18. The van der Waals surface area contributed by atoms with Crippen molar-refractivity contribution in [3.05, 3.63) is 53.3 Å². The maximum Gasteiger partial charge on any atom is 0.225 e. The molecule has 2 fully saturated rings. The standard InChI is InChI=1S/C22H28N4O2S/c1-16-6-5-9-26(11-16)22-23-10-18-15-29(27,28)20-14-25(13-19(20)21(18)24-22)12-17-7-3-2-4-8-17/h2-4,7-8,10,16,19-20H,5-6,9,11-15H2,1H3/t16-,19-,20+/m0/s1. The fourth-order valence-electron chi connectivity index (χ4n) is 5.14. The van der Waals surface area contributed by atoms with Crippen LogP contribution in [0.5, 0.6) is 0 Å². The van der Waals surface area contributed by atoms with Gasteiger partial charge in [-0.25, -0.2) is 18.4 Å². The first-order valence-corrected chi connectivity index (χ1v) is 12.3. The molecule has 6 nitrogen and oxygen atoms in total. The van der Waals surface area contributed by atoms with Crippen molar-refractivity contribution in [3.8, 4) is 0 Å². The van der Waals surface area contributed by atoms with E-state index in [9.17, 15) is 8.42 Å². The third-order valence-corrected chi connectivity index (χ3v) is 8.70. The second-order valence-corrected chi connectivity index (χ2v) is 11.1. The van der Waals surface area contributed by atoms with E-state index in [-0.39, 0.29) is 16.9 Å². The van der Waals surface area contributed by atoms with Gasteiger partial charge in [-0.05, 0) is 24.3 Å². The number of sulfone groups is 1. The Morgan fingerprint density at radius 2 is 1.97 bits per heavy atom. The van der Waals surface area contributed by atoms with Crippen LogP contribution in [0.25, 0.3) is 0 Å². The maximum atomic E-state index is 13.0. The molecule has 0 bridgehead atoms. The van der Waals surface area contributed by atoms with Gasteiger partial charge in [-0.1, -0.05) is 37.3 Å². The van der Waals surface area contributed by atoms with Gasteiger partial charge < -0.3 is 4.90 Å². The number of anilines is 1. The van der Waals surface area contributed by atoms with Crippen LogP contribution in [0.4, 0.5) is 5.95 Å². The summed E-state index contributed by atoms with van der Waals surface area (Å²) in [4.78, 5) is 14.0. The topological polar surface area (TPSA) is 66.4 Å². The van der Waals surface area contributed by atoms with Crippen LogP contribution in [0.2, 0.25) is 0 Å². The summed E-state index contributed by atoms with van der Waals surface area (Å²) in [6, 6.07) is 10.3. The van der Waals surface area contributed by atoms with E-state index in [1.165, 1.54) is 12.0 Å². The van der Waals surface area contributed by atoms with E-state index in [0.29, 0.717) is 12.5 Å². The van der Waals surface area contributed by atoms with Gasteiger partial charge in [0.1, 0.15) is 0 Å². The molecule has 0 N–H and O–H groups in total. The highest BCUT2D eigenvalue weighted by atomic mass is 32.2.